The molecule has 3 aromatic heterocycles. The third-order valence-electron chi connectivity index (χ3n) is 4.94. The lowest BCUT2D eigenvalue weighted by Crippen LogP contribution is -2.26. The fourth-order valence-corrected chi connectivity index (χ4v) is 2.95. The van der Waals surface area contributed by atoms with Crippen LogP contribution in [0.4, 0.5) is 17.1 Å². The molecule has 3 heterocycles. The first kappa shape index (κ1) is 22.5. The Morgan fingerprint density at radius 1 is 1.25 bits per heavy atom. The van der Waals surface area contributed by atoms with Crippen LogP contribution >= 0.6 is 0 Å². The normalized spacial score (nSPS) is 11.8. The molecule has 0 aliphatic heterocycles. The number of carbonyl (C=O) groups excluding carboxylic acids is 2. The summed E-state index contributed by atoms with van der Waals surface area (Å²) in [5, 5.41) is 28.7. The number of anilines is 2. The Morgan fingerprint density at radius 3 is 2.47 bits per heavy atom. The largest absolute Gasteiger partial charge is 0.475 e. The first-order valence-electron chi connectivity index (χ1n) is 9.62. The second-order valence-electron chi connectivity index (χ2n) is 6.87. The summed E-state index contributed by atoms with van der Waals surface area (Å²) < 4.78 is 9.08. The molecule has 14 nitrogen and oxygen atoms in total. The predicted molar refractivity (Wildman–Crippen MR) is 113 cm³/mol. The average molecular weight is 445 g/mol. The van der Waals surface area contributed by atoms with Gasteiger partial charge in [0.2, 0.25) is 5.91 Å². The van der Waals surface area contributed by atoms with E-state index in [0.29, 0.717) is 12.2 Å². The van der Waals surface area contributed by atoms with Crippen LogP contribution in [0.25, 0.3) is 0 Å². The summed E-state index contributed by atoms with van der Waals surface area (Å²) in [6, 6.07) is -0.931. The van der Waals surface area contributed by atoms with E-state index in [4.69, 9.17) is 4.74 Å². The number of nitro groups is 1. The summed E-state index contributed by atoms with van der Waals surface area (Å²) in [4.78, 5) is 36.2. The van der Waals surface area contributed by atoms with Crippen molar-refractivity contribution in [1.82, 2.24) is 29.3 Å². The van der Waals surface area contributed by atoms with Crippen LogP contribution in [0.3, 0.4) is 0 Å². The zero-order chi connectivity index (χ0) is 23.6. The van der Waals surface area contributed by atoms with Crippen LogP contribution in [0.5, 0.6) is 5.88 Å². The zero-order valence-electron chi connectivity index (χ0n) is 18.2. The van der Waals surface area contributed by atoms with Crippen LogP contribution in [0.1, 0.15) is 36.1 Å². The number of nitrogens with one attached hydrogen (secondary N) is 2. The third kappa shape index (κ3) is 4.14. The van der Waals surface area contributed by atoms with Gasteiger partial charge >= 0.3 is 11.6 Å². The topological polar surface area (TPSA) is 164 Å². The average Bonchev–Trinajstić information content (AvgIpc) is 3.46. The van der Waals surface area contributed by atoms with E-state index in [1.54, 1.807) is 11.7 Å². The van der Waals surface area contributed by atoms with Gasteiger partial charge < -0.3 is 15.4 Å². The number of aryl methyl sites for hydroxylation is 2. The van der Waals surface area contributed by atoms with Crippen molar-refractivity contribution in [3.05, 3.63) is 40.1 Å². The van der Waals surface area contributed by atoms with Crippen LogP contribution < -0.4 is 15.4 Å². The highest BCUT2D eigenvalue weighted by Crippen LogP contribution is 2.27. The molecule has 3 aromatic rings. The van der Waals surface area contributed by atoms with Gasteiger partial charge in [-0.3, -0.25) is 29.1 Å². The number of aromatic nitrogens is 6. The Bertz CT molecular complexity index is 1180. The van der Waals surface area contributed by atoms with Crippen molar-refractivity contribution in [2.45, 2.75) is 33.4 Å². The molecule has 3 rings (SSSR count). The third-order valence-corrected chi connectivity index (χ3v) is 4.94. The zero-order valence-corrected chi connectivity index (χ0v) is 18.2. The Balaban J connectivity index is 1.84. The van der Waals surface area contributed by atoms with Crippen molar-refractivity contribution in [3.63, 3.8) is 0 Å². The highest BCUT2D eigenvalue weighted by atomic mass is 16.6. The van der Waals surface area contributed by atoms with Crippen molar-refractivity contribution < 1.29 is 19.2 Å². The molecular formula is C18H23N9O5. The minimum Gasteiger partial charge on any atom is -0.475 e. The van der Waals surface area contributed by atoms with E-state index < -0.39 is 22.8 Å². The lowest BCUT2D eigenvalue weighted by molar-refractivity contribution is -0.385. The molecule has 0 aromatic carbocycles. The molecule has 14 heteroatoms. The summed E-state index contributed by atoms with van der Waals surface area (Å²) in [5.41, 5.74) is 1.27. The number of rotatable bonds is 8. The van der Waals surface area contributed by atoms with Gasteiger partial charge in [-0.05, 0) is 20.8 Å². The maximum atomic E-state index is 13.0. The summed E-state index contributed by atoms with van der Waals surface area (Å²) in [6.45, 7) is 5.52. The van der Waals surface area contributed by atoms with E-state index in [-0.39, 0.29) is 22.9 Å². The number of ether oxygens (including phenoxy) is 1. The number of hydrogen-bond acceptors (Lipinski definition) is 8. The molecule has 0 saturated carbocycles. The van der Waals surface area contributed by atoms with Gasteiger partial charge in [0.25, 0.3) is 5.91 Å². The Hall–Kier alpha value is -4.23. The van der Waals surface area contributed by atoms with Crippen molar-refractivity contribution >= 4 is 28.9 Å². The number of methoxy groups -OCH3 is 1. The first-order valence-corrected chi connectivity index (χ1v) is 9.62. The van der Waals surface area contributed by atoms with E-state index in [0.717, 1.165) is 16.6 Å². The van der Waals surface area contributed by atoms with E-state index in [1.165, 1.54) is 31.1 Å². The summed E-state index contributed by atoms with van der Waals surface area (Å²) in [7, 11) is 3.00. The molecule has 0 spiro atoms. The number of carbonyl (C=O) groups is 2. The van der Waals surface area contributed by atoms with Crippen LogP contribution in [-0.2, 0) is 18.4 Å². The van der Waals surface area contributed by atoms with Gasteiger partial charge in [-0.25, -0.2) is 4.68 Å². The van der Waals surface area contributed by atoms with Gasteiger partial charge in [0, 0.05) is 13.6 Å². The van der Waals surface area contributed by atoms with Crippen molar-refractivity contribution in [2.75, 3.05) is 17.7 Å². The number of hydrogen-bond donors (Lipinski definition) is 2. The second-order valence-corrected chi connectivity index (χ2v) is 6.87. The monoisotopic (exact) mass is 445 g/mol. The standard InChI is InChI=1S/C18H23N9O5/c1-6-25-15(17(29)21-12-7-19-24(4)10(12)2)13(8-20-25)22-16(28)11(3)26-9-14(27(30)31)18(23-26)32-5/h7-9,11H,6H2,1-5H3,(H,21,29)(H,22,28). The van der Waals surface area contributed by atoms with Gasteiger partial charge in [-0.15, -0.1) is 5.10 Å². The Labute approximate surface area is 182 Å². The summed E-state index contributed by atoms with van der Waals surface area (Å²) in [6.07, 6.45) is 4.00. The van der Waals surface area contributed by atoms with E-state index >= 15 is 0 Å². The number of nitrogens with zero attached hydrogens (tertiary/aromatic N) is 7. The summed E-state index contributed by atoms with van der Waals surface area (Å²) in [5.74, 6) is -1.23. The maximum absolute atomic E-state index is 13.0. The van der Waals surface area contributed by atoms with Gasteiger partial charge in [-0.1, -0.05) is 0 Å². The Morgan fingerprint density at radius 2 is 1.94 bits per heavy atom. The fourth-order valence-electron chi connectivity index (χ4n) is 2.95. The molecule has 0 radical (unpaired) electrons. The second kappa shape index (κ2) is 8.87. The van der Waals surface area contributed by atoms with E-state index in [9.17, 15) is 19.7 Å². The van der Waals surface area contributed by atoms with Gasteiger partial charge in [-0.2, -0.15) is 10.2 Å². The number of amides is 2. The minimum atomic E-state index is -0.931. The minimum absolute atomic E-state index is 0.153. The molecule has 2 amide bonds. The maximum Gasteiger partial charge on any atom is 0.350 e. The van der Waals surface area contributed by atoms with Crippen LogP contribution in [0.15, 0.2) is 18.6 Å². The smallest absolute Gasteiger partial charge is 0.350 e. The molecule has 0 fully saturated rings. The van der Waals surface area contributed by atoms with Crippen molar-refractivity contribution in [2.24, 2.45) is 7.05 Å². The SMILES string of the molecule is CCn1ncc(NC(=O)C(C)n2cc([N+](=O)[O-])c(OC)n2)c1C(=O)Nc1cnn(C)c1C. The highest BCUT2D eigenvalue weighted by Gasteiger charge is 2.27. The lowest BCUT2D eigenvalue weighted by atomic mass is 10.2. The van der Waals surface area contributed by atoms with Crippen molar-refractivity contribution in [3.8, 4) is 5.88 Å². The molecule has 0 aliphatic rings. The molecule has 2 N–H and O–H groups in total. The van der Waals surface area contributed by atoms with Gasteiger partial charge in [0.05, 0.1) is 41.5 Å². The molecular weight excluding hydrogens is 422 g/mol. The lowest BCUT2D eigenvalue weighted by Gasteiger charge is -2.13. The Kier molecular flexibility index (Phi) is 6.22. The quantitative estimate of drug-likeness (QED) is 0.389. The highest BCUT2D eigenvalue weighted by molar-refractivity contribution is 6.09. The van der Waals surface area contributed by atoms with Gasteiger partial charge in [0.1, 0.15) is 17.9 Å². The molecule has 1 atom stereocenters. The fraction of sp³-hybridized carbons (Fsp3) is 0.389. The van der Waals surface area contributed by atoms with Crippen LogP contribution in [-0.4, -0.2) is 53.2 Å². The van der Waals surface area contributed by atoms with Gasteiger partial charge in [0.15, 0.2) is 0 Å². The van der Waals surface area contributed by atoms with Crippen LogP contribution in [0, 0.1) is 17.0 Å². The predicted octanol–water partition coefficient (Wildman–Crippen LogP) is 1.51. The molecule has 1 unspecified atom stereocenters. The molecule has 32 heavy (non-hydrogen) atoms. The van der Waals surface area contributed by atoms with Crippen molar-refractivity contribution in [1.29, 1.82) is 0 Å². The summed E-state index contributed by atoms with van der Waals surface area (Å²) >= 11 is 0. The van der Waals surface area contributed by atoms with E-state index in [1.807, 2.05) is 13.8 Å². The van der Waals surface area contributed by atoms with Crippen LogP contribution in [0.2, 0.25) is 0 Å². The van der Waals surface area contributed by atoms with E-state index in [2.05, 4.69) is 25.9 Å². The first-order chi connectivity index (χ1) is 15.2. The molecule has 0 aliphatic carbocycles. The molecule has 170 valence electrons. The molecule has 0 saturated heterocycles. The molecule has 0 bridgehead atoms.